The fourth-order valence-electron chi connectivity index (χ4n) is 5.05. The van der Waals surface area contributed by atoms with Crippen LogP contribution in [-0.2, 0) is 4.79 Å². The van der Waals surface area contributed by atoms with Crippen LogP contribution in [0.1, 0.15) is 65.7 Å². The molecular formula is C22H41N5O. The van der Waals surface area contributed by atoms with Crippen LogP contribution in [0, 0.1) is 11.8 Å². The Balaban J connectivity index is 1.45. The van der Waals surface area contributed by atoms with Gasteiger partial charge in [-0.1, -0.05) is 19.8 Å². The Kier molecular flexibility index (Phi) is 7.24. The molecule has 1 amide bonds. The van der Waals surface area contributed by atoms with E-state index >= 15 is 0 Å². The van der Waals surface area contributed by atoms with Crippen LogP contribution in [-0.4, -0.2) is 73.0 Å². The molecule has 3 fully saturated rings. The summed E-state index contributed by atoms with van der Waals surface area (Å²) in [4.78, 5) is 21.8. The maximum atomic E-state index is 12.7. The molecule has 0 aromatic rings. The number of likely N-dealkylation sites (tertiary alicyclic amines) is 2. The van der Waals surface area contributed by atoms with Crippen molar-refractivity contribution in [3.8, 4) is 0 Å². The topological polar surface area (TPSA) is 60.0 Å². The number of amides is 1. The van der Waals surface area contributed by atoms with E-state index in [9.17, 15) is 4.79 Å². The van der Waals surface area contributed by atoms with Crippen molar-refractivity contribution in [3.63, 3.8) is 0 Å². The fourth-order valence-corrected chi connectivity index (χ4v) is 5.05. The largest absolute Gasteiger partial charge is 0.355 e. The molecule has 0 radical (unpaired) electrons. The molecule has 0 aromatic carbocycles. The molecule has 28 heavy (non-hydrogen) atoms. The molecule has 160 valence electrons. The van der Waals surface area contributed by atoms with E-state index in [0.29, 0.717) is 11.9 Å². The van der Waals surface area contributed by atoms with Gasteiger partial charge in [-0.2, -0.15) is 0 Å². The van der Waals surface area contributed by atoms with Crippen molar-refractivity contribution in [2.75, 3.05) is 39.8 Å². The Bertz CT molecular complexity index is 555. The highest BCUT2D eigenvalue weighted by atomic mass is 16.2. The lowest BCUT2D eigenvalue weighted by atomic mass is 9.93. The van der Waals surface area contributed by atoms with E-state index in [1.54, 1.807) is 0 Å². The first-order valence-electron chi connectivity index (χ1n) is 11.4. The van der Waals surface area contributed by atoms with Gasteiger partial charge >= 0.3 is 0 Å². The van der Waals surface area contributed by atoms with Crippen LogP contribution in [0.5, 0.6) is 0 Å². The third-order valence-corrected chi connectivity index (χ3v) is 6.97. The third-order valence-electron chi connectivity index (χ3n) is 6.97. The SMILES string of the molecule is CN=C(NCC(C)(C)N1CCCC(C)C1)NC1CCN(C(=O)C2CCCC2)C1. The number of nitrogens with zero attached hydrogens (tertiary/aromatic N) is 3. The maximum Gasteiger partial charge on any atom is 0.225 e. The van der Waals surface area contributed by atoms with Gasteiger partial charge in [-0.3, -0.25) is 14.7 Å². The van der Waals surface area contributed by atoms with Gasteiger partial charge < -0.3 is 15.5 Å². The average Bonchev–Trinajstić information content (AvgIpc) is 3.36. The molecule has 2 unspecified atom stereocenters. The molecule has 0 spiro atoms. The Morgan fingerprint density at radius 3 is 2.50 bits per heavy atom. The van der Waals surface area contributed by atoms with Gasteiger partial charge in [-0.25, -0.2) is 0 Å². The summed E-state index contributed by atoms with van der Waals surface area (Å²) in [6, 6.07) is 0.301. The van der Waals surface area contributed by atoms with Crippen LogP contribution in [0.15, 0.2) is 4.99 Å². The predicted octanol–water partition coefficient (Wildman–Crippen LogP) is 2.45. The van der Waals surface area contributed by atoms with Crippen molar-refractivity contribution in [2.45, 2.75) is 77.3 Å². The lowest BCUT2D eigenvalue weighted by molar-refractivity contribution is -0.134. The van der Waals surface area contributed by atoms with E-state index in [2.05, 4.69) is 46.2 Å². The lowest BCUT2D eigenvalue weighted by Gasteiger charge is -2.43. The summed E-state index contributed by atoms with van der Waals surface area (Å²) in [6.07, 6.45) is 8.25. The van der Waals surface area contributed by atoms with Crippen molar-refractivity contribution < 1.29 is 4.79 Å². The van der Waals surface area contributed by atoms with Crippen molar-refractivity contribution in [1.82, 2.24) is 20.4 Å². The Morgan fingerprint density at radius 2 is 1.82 bits per heavy atom. The summed E-state index contributed by atoms with van der Waals surface area (Å²) in [6.45, 7) is 11.9. The number of aliphatic imine (C=N–C) groups is 1. The molecule has 2 aliphatic heterocycles. The molecule has 6 nitrogen and oxygen atoms in total. The number of carbonyl (C=O) groups excluding carboxylic acids is 1. The first-order valence-corrected chi connectivity index (χ1v) is 11.4. The summed E-state index contributed by atoms with van der Waals surface area (Å²) in [5.74, 6) is 2.31. The smallest absolute Gasteiger partial charge is 0.225 e. The third kappa shape index (κ3) is 5.40. The number of hydrogen-bond donors (Lipinski definition) is 2. The second-order valence-corrected chi connectivity index (χ2v) is 9.83. The number of carbonyl (C=O) groups is 1. The molecule has 3 aliphatic rings. The number of nitrogens with one attached hydrogen (secondary N) is 2. The number of rotatable bonds is 5. The molecule has 0 aromatic heterocycles. The van der Waals surface area contributed by atoms with E-state index in [1.165, 1.54) is 38.8 Å². The molecular weight excluding hydrogens is 350 g/mol. The highest BCUT2D eigenvalue weighted by molar-refractivity contribution is 5.81. The summed E-state index contributed by atoms with van der Waals surface area (Å²) < 4.78 is 0. The molecule has 2 N–H and O–H groups in total. The van der Waals surface area contributed by atoms with Crippen LogP contribution >= 0.6 is 0 Å². The summed E-state index contributed by atoms with van der Waals surface area (Å²) in [7, 11) is 1.84. The van der Waals surface area contributed by atoms with Gasteiger partial charge in [-0.15, -0.1) is 0 Å². The van der Waals surface area contributed by atoms with Gasteiger partial charge in [0, 0.05) is 50.7 Å². The zero-order valence-electron chi connectivity index (χ0n) is 18.5. The molecule has 2 heterocycles. The van der Waals surface area contributed by atoms with Crippen LogP contribution in [0.2, 0.25) is 0 Å². The number of guanidine groups is 1. The van der Waals surface area contributed by atoms with Crippen molar-refractivity contribution in [1.29, 1.82) is 0 Å². The highest BCUT2D eigenvalue weighted by Crippen LogP contribution is 2.28. The minimum absolute atomic E-state index is 0.104. The van der Waals surface area contributed by atoms with Gasteiger partial charge in [0.2, 0.25) is 5.91 Å². The van der Waals surface area contributed by atoms with Crippen LogP contribution < -0.4 is 10.6 Å². The number of hydrogen-bond acceptors (Lipinski definition) is 3. The van der Waals surface area contributed by atoms with Gasteiger partial charge in [0.05, 0.1) is 0 Å². The summed E-state index contributed by atoms with van der Waals surface area (Å²) >= 11 is 0. The van der Waals surface area contributed by atoms with E-state index in [0.717, 1.165) is 50.8 Å². The molecule has 1 saturated carbocycles. The Hall–Kier alpha value is -1.30. The monoisotopic (exact) mass is 391 g/mol. The standard InChI is InChI=1S/C22H41N5O/c1-17-8-7-12-27(14-17)22(2,3)16-24-21(23-4)25-19-11-13-26(15-19)20(28)18-9-5-6-10-18/h17-19H,5-16H2,1-4H3,(H2,23,24,25). The zero-order valence-corrected chi connectivity index (χ0v) is 18.5. The highest BCUT2D eigenvalue weighted by Gasteiger charge is 2.33. The van der Waals surface area contributed by atoms with Crippen molar-refractivity contribution >= 4 is 11.9 Å². The van der Waals surface area contributed by atoms with Gasteiger partial charge in [-0.05, 0) is 58.4 Å². The Labute approximate surface area is 171 Å². The average molecular weight is 392 g/mol. The van der Waals surface area contributed by atoms with Gasteiger partial charge in [0.1, 0.15) is 0 Å². The second kappa shape index (κ2) is 9.47. The maximum absolute atomic E-state index is 12.7. The summed E-state index contributed by atoms with van der Waals surface area (Å²) in [5.41, 5.74) is 0.104. The van der Waals surface area contributed by atoms with Gasteiger partial charge in [0.25, 0.3) is 0 Å². The fraction of sp³-hybridized carbons (Fsp3) is 0.909. The van der Waals surface area contributed by atoms with E-state index in [1.807, 2.05) is 7.05 Å². The van der Waals surface area contributed by atoms with E-state index in [-0.39, 0.29) is 11.5 Å². The molecule has 1 aliphatic carbocycles. The quantitative estimate of drug-likeness (QED) is 0.558. The number of piperidine rings is 1. The zero-order chi connectivity index (χ0) is 20.1. The minimum atomic E-state index is 0.104. The molecule has 0 bridgehead atoms. The van der Waals surface area contributed by atoms with Crippen LogP contribution in [0.25, 0.3) is 0 Å². The van der Waals surface area contributed by atoms with E-state index in [4.69, 9.17) is 0 Å². The first kappa shape index (κ1) is 21.4. The van der Waals surface area contributed by atoms with Crippen molar-refractivity contribution in [2.24, 2.45) is 16.8 Å². The molecule has 6 heteroatoms. The molecule has 2 saturated heterocycles. The van der Waals surface area contributed by atoms with E-state index < -0.39 is 0 Å². The van der Waals surface area contributed by atoms with Crippen LogP contribution in [0.3, 0.4) is 0 Å². The van der Waals surface area contributed by atoms with Gasteiger partial charge in [0.15, 0.2) is 5.96 Å². The lowest BCUT2D eigenvalue weighted by Crippen LogP contribution is -2.56. The first-order chi connectivity index (χ1) is 13.4. The summed E-state index contributed by atoms with van der Waals surface area (Å²) in [5, 5.41) is 7.09. The second-order valence-electron chi connectivity index (χ2n) is 9.83. The normalized spacial score (nSPS) is 28.0. The van der Waals surface area contributed by atoms with Crippen molar-refractivity contribution in [3.05, 3.63) is 0 Å². The minimum Gasteiger partial charge on any atom is -0.355 e. The molecule has 3 rings (SSSR count). The molecule has 2 atom stereocenters. The predicted molar refractivity (Wildman–Crippen MR) is 115 cm³/mol. The van der Waals surface area contributed by atoms with Crippen LogP contribution in [0.4, 0.5) is 0 Å². The Morgan fingerprint density at radius 1 is 1.07 bits per heavy atom.